The highest BCUT2D eigenvalue weighted by atomic mass is 35.5. The Balaban J connectivity index is 0.00000144. The van der Waals surface area contributed by atoms with Crippen LogP contribution >= 0.6 is 35.6 Å². The van der Waals surface area contributed by atoms with Crippen molar-refractivity contribution in [2.24, 2.45) is 5.73 Å². The standard InChI is InChI=1S/C12H16Cl2N2.ClH/c13-10-3-4-12(14)9(6-10)8-16-5-1-2-11(16)7-15;/h3-4,6,11H,1-2,5,7-8,15H2;1H. The highest BCUT2D eigenvalue weighted by molar-refractivity contribution is 6.33. The summed E-state index contributed by atoms with van der Waals surface area (Å²) in [5, 5.41) is 1.52. The van der Waals surface area contributed by atoms with Crippen molar-refractivity contribution >= 4 is 35.6 Å². The van der Waals surface area contributed by atoms with Gasteiger partial charge in [-0.15, -0.1) is 12.4 Å². The van der Waals surface area contributed by atoms with Crippen LogP contribution in [0.25, 0.3) is 0 Å². The molecule has 0 aliphatic carbocycles. The molecule has 5 heteroatoms. The van der Waals surface area contributed by atoms with Crippen molar-refractivity contribution in [3.05, 3.63) is 33.8 Å². The van der Waals surface area contributed by atoms with E-state index >= 15 is 0 Å². The number of halogens is 3. The molecule has 1 fully saturated rings. The van der Waals surface area contributed by atoms with E-state index in [1.54, 1.807) is 0 Å². The molecule has 1 atom stereocenters. The average molecular weight is 296 g/mol. The molecule has 2 N–H and O–H groups in total. The van der Waals surface area contributed by atoms with E-state index in [4.69, 9.17) is 28.9 Å². The Morgan fingerprint density at radius 1 is 1.35 bits per heavy atom. The van der Waals surface area contributed by atoms with Crippen LogP contribution in [0.3, 0.4) is 0 Å². The Morgan fingerprint density at radius 2 is 2.12 bits per heavy atom. The molecule has 0 spiro atoms. The third-order valence-electron chi connectivity index (χ3n) is 3.15. The molecule has 1 aliphatic rings. The quantitative estimate of drug-likeness (QED) is 0.927. The molecule has 2 rings (SSSR count). The molecule has 1 aromatic carbocycles. The molecule has 96 valence electrons. The van der Waals surface area contributed by atoms with E-state index in [1.807, 2.05) is 18.2 Å². The maximum absolute atomic E-state index is 6.15. The largest absolute Gasteiger partial charge is 0.329 e. The van der Waals surface area contributed by atoms with Crippen LogP contribution in [0, 0.1) is 0 Å². The highest BCUT2D eigenvalue weighted by Crippen LogP contribution is 2.25. The molecule has 0 aromatic heterocycles. The predicted molar refractivity (Wildman–Crippen MR) is 76.2 cm³/mol. The van der Waals surface area contributed by atoms with Crippen LogP contribution in [-0.2, 0) is 6.54 Å². The zero-order valence-corrected chi connectivity index (χ0v) is 11.9. The summed E-state index contributed by atoms with van der Waals surface area (Å²) in [5.41, 5.74) is 6.84. The summed E-state index contributed by atoms with van der Waals surface area (Å²) in [6, 6.07) is 6.11. The van der Waals surface area contributed by atoms with Gasteiger partial charge in [0.2, 0.25) is 0 Å². The van der Waals surface area contributed by atoms with Gasteiger partial charge in [-0.25, -0.2) is 0 Å². The van der Waals surface area contributed by atoms with Crippen molar-refractivity contribution < 1.29 is 0 Å². The molecular formula is C12H17Cl3N2. The summed E-state index contributed by atoms with van der Waals surface area (Å²) in [5.74, 6) is 0. The maximum atomic E-state index is 6.15. The first-order valence-electron chi connectivity index (χ1n) is 5.58. The van der Waals surface area contributed by atoms with Crippen LogP contribution in [0.4, 0.5) is 0 Å². The summed E-state index contributed by atoms with van der Waals surface area (Å²) >= 11 is 12.1. The second kappa shape index (κ2) is 6.81. The minimum atomic E-state index is 0. The van der Waals surface area contributed by atoms with Crippen LogP contribution in [0.5, 0.6) is 0 Å². The fraction of sp³-hybridized carbons (Fsp3) is 0.500. The molecule has 1 heterocycles. The molecule has 1 saturated heterocycles. The van der Waals surface area contributed by atoms with Crippen LogP contribution < -0.4 is 5.73 Å². The van der Waals surface area contributed by atoms with Crippen molar-refractivity contribution in [2.75, 3.05) is 13.1 Å². The molecule has 0 bridgehead atoms. The van der Waals surface area contributed by atoms with Crippen LogP contribution in [0.2, 0.25) is 10.0 Å². The van der Waals surface area contributed by atoms with Gasteiger partial charge in [0.25, 0.3) is 0 Å². The minimum absolute atomic E-state index is 0. The average Bonchev–Trinajstić information content (AvgIpc) is 2.71. The van der Waals surface area contributed by atoms with Crippen LogP contribution in [0.15, 0.2) is 18.2 Å². The predicted octanol–water partition coefficient (Wildman–Crippen LogP) is 3.34. The first-order valence-corrected chi connectivity index (χ1v) is 6.34. The number of nitrogens with two attached hydrogens (primary N) is 1. The zero-order chi connectivity index (χ0) is 11.5. The van der Waals surface area contributed by atoms with Gasteiger partial charge >= 0.3 is 0 Å². The van der Waals surface area contributed by atoms with Gasteiger partial charge in [0.1, 0.15) is 0 Å². The van der Waals surface area contributed by atoms with Crippen LogP contribution in [-0.4, -0.2) is 24.0 Å². The van der Waals surface area contributed by atoms with E-state index in [2.05, 4.69) is 4.90 Å². The number of likely N-dealkylation sites (tertiary alicyclic amines) is 1. The third-order valence-corrected chi connectivity index (χ3v) is 3.76. The lowest BCUT2D eigenvalue weighted by atomic mass is 10.2. The van der Waals surface area contributed by atoms with Gasteiger partial charge in [-0.05, 0) is 43.1 Å². The Hall–Kier alpha value is 0.01000. The lowest BCUT2D eigenvalue weighted by Gasteiger charge is -2.23. The van der Waals surface area contributed by atoms with Gasteiger partial charge in [-0.3, -0.25) is 4.90 Å². The molecule has 0 saturated carbocycles. The second-order valence-corrected chi connectivity index (χ2v) is 5.08. The Kier molecular flexibility index (Phi) is 6.04. The van der Waals surface area contributed by atoms with Gasteiger partial charge in [0, 0.05) is 29.2 Å². The van der Waals surface area contributed by atoms with Crippen molar-refractivity contribution in [3.63, 3.8) is 0 Å². The van der Waals surface area contributed by atoms with E-state index < -0.39 is 0 Å². The second-order valence-electron chi connectivity index (χ2n) is 4.24. The molecule has 2 nitrogen and oxygen atoms in total. The summed E-state index contributed by atoms with van der Waals surface area (Å²) < 4.78 is 0. The topological polar surface area (TPSA) is 29.3 Å². The summed E-state index contributed by atoms with van der Waals surface area (Å²) in [6.07, 6.45) is 2.41. The summed E-state index contributed by atoms with van der Waals surface area (Å²) in [6.45, 7) is 2.67. The first kappa shape index (κ1) is 15.1. The number of benzene rings is 1. The Bertz CT molecular complexity index is 371. The maximum Gasteiger partial charge on any atom is 0.0452 e. The monoisotopic (exact) mass is 294 g/mol. The van der Waals surface area contributed by atoms with Crippen molar-refractivity contribution in [1.29, 1.82) is 0 Å². The van der Waals surface area contributed by atoms with Gasteiger partial charge in [-0.2, -0.15) is 0 Å². The number of nitrogens with zero attached hydrogens (tertiary/aromatic N) is 1. The van der Waals surface area contributed by atoms with Gasteiger partial charge in [0.15, 0.2) is 0 Å². The molecule has 0 amide bonds. The van der Waals surface area contributed by atoms with Gasteiger partial charge < -0.3 is 5.73 Å². The summed E-state index contributed by atoms with van der Waals surface area (Å²) in [4.78, 5) is 2.39. The molecule has 1 aliphatic heterocycles. The Labute approximate surface area is 118 Å². The molecule has 1 aromatic rings. The SMILES string of the molecule is Cl.NCC1CCCN1Cc1cc(Cl)ccc1Cl. The Morgan fingerprint density at radius 3 is 2.82 bits per heavy atom. The smallest absolute Gasteiger partial charge is 0.0452 e. The van der Waals surface area contributed by atoms with Crippen molar-refractivity contribution in [3.8, 4) is 0 Å². The van der Waals surface area contributed by atoms with E-state index in [1.165, 1.54) is 12.8 Å². The number of hydrogen-bond donors (Lipinski definition) is 1. The van der Waals surface area contributed by atoms with Crippen molar-refractivity contribution in [2.45, 2.75) is 25.4 Å². The lowest BCUT2D eigenvalue weighted by Crippen LogP contribution is -2.34. The van der Waals surface area contributed by atoms with E-state index in [0.29, 0.717) is 6.04 Å². The fourth-order valence-electron chi connectivity index (χ4n) is 2.25. The third kappa shape index (κ3) is 3.73. The molecule has 1 unspecified atom stereocenters. The lowest BCUT2D eigenvalue weighted by molar-refractivity contribution is 0.250. The zero-order valence-electron chi connectivity index (χ0n) is 9.53. The van der Waals surface area contributed by atoms with Crippen molar-refractivity contribution in [1.82, 2.24) is 4.90 Å². The minimum Gasteiger partial charge on any atom is -0.329 e. The molecule has 0 radical (unpaired) electrons. The fourth-order valence-corrected chi connectivity index (χ4v) is 2.63. The normalized spacial score (nSPS) is 20.3. The number of rotatable bonds is 3. The summed E-state index contributed by atoms with van der Waals surface area (Å²) in [7, 11) is 0. The van der Waals surface area contributed by atoms with E-state index in [-0.39, 0.29) is 12.4 Å². The molecular weight excluding hydrogens is 279 g/mol. The number of hydrogen-bond acceptors (Lipinski definition) is 2. The van der Waals surface area contributed by atoms with Gasteiger partial charge in [0.05, 0.1) is 0 Å². The van der Waals surface area contributed by atoms with E-state index in [9.17, 15) is 0 Å². The van der Waals surface area contributed by atoms with Crippen LogP contribution in [0.1, 0.15) is 18.4 Å². The first-order chi connectivity index (χ1) is 7.70. The molecule has 17 heavy (non-hydrogen) atoms. The van der Waals surface area contributed by atoms with Gasteiger partial charge in [-0.1, -0.05) is 23.2 Å². The van der Waals surface area contributed by atoms with E-state index in [0.717, 1.165) is 35.2 Å². The highest BCUT2D eigenvalue weighted by Gasteiger charge is 2.23.